The molecule has 0 bridgehead atoms. The lowest BCUT2D eigenvalue weighted by atomic mass is 9.79. The van der Waals surface area contributed by atoms with Crippen molar-refractivity contribution < 1.29 is 14.6 Å². The molecule has 0 spiro atoms. The highest BCUT2D eigenvalue weighted by atomic mass is 32.2. The summed E-state index contributed by atoms with van der Waals surface area (Å²) >= 11 is 3.68. The molecule has 3 heterocycles. The number of hydrogen-bond acceptors (Lipinski definition) is 7. The van der Waals surface area contributed by atoms with Crippen molar-refractivity contribution in [2.45, 2.75) is 35.9 Å². The molecule has 2 aromatic heterocycles. The number of hydrogen-bond donors (Lipinski definition) is 1. The van der Waals surface area contributed by atoms with Gasteiger partial charge in [-0.2, -0.15) is 0 Å². The van der Waals surface area contributed by atoms with Crippen molar-refractivity contribution >= 4 is 40.0 Å². The van der Waals surface area contributed by atoms with Crippen molar-refractivity contribution in [1.29, 1.82) is 0 Å². The molecule has 0 radical (unpaired) electrons. The number of likely N-dealkylation sites (tertiary alicyclic amines) is 1. The number of carbonyl (C=O) groups is 1. The van der Waals surface area contributed by atoms with E-state index in [2.05, 4.69) is 58.5 Å². The minimum absolute atomic E-state index is 0.195. The molecule has 0 saturated carbocycles. The largest absolute Gasteiger partial charge is 0.497 e. The van der Waals surface area contributed by atoms with Crippen molar-refractivity contribution in [3.63, 3.8) is 0 Å². The molecule has 0 amide bonds. The Labute approximate surface area is 222 Å². The van der Waals surface area contributed by atoms with Crippen LogP contribution in [-0.2, 0) is 4.79 Å². The number of carboxylic acids is 1. The zero-order valence-electron chi connectivity index (χ0n) is 21.4. The third kappa shape index (κ3) is 7.00. The number of thioether (sulfide) groups is 1. The maximum Gasteiger partial charge on any atom is 0.303 e. The van der Waals surface area contributed by atoms with Crippen LogP contribution in [0.25, 0.3) is 10.9 Å². The average Bonchev–Trinajstić information content (AvgIpc) is 3.38. The number of piperidine rings is 1. The van der Waals surface area contributed by atoms with Gasteiger partial charge in [0.05, 0.1) is 16.8 Å². The zero-order chi connectivity index (χ0) is 25.5. The minimum Gasteiger partial charge on any atom is -0.497 e. The number of rotatable bonds is 12. The van der Waals surface area contributed by atoms with E-state index < -0.39 is 5.97 Å². The molecule has 3 aromatic rings. The molecular weight excluding hydrogens is 490 g/mol. The number of nitrogens with zero attached hydrogens (tertiary/aromatic N) is 3. The van der Waals surface area contributed by atoms with Crippen LogP contribution in [0.5, 0.6) is 5.75 Å². The molecule has 0 aliphatic carbocycles. The summed E-state index contributed by atoms with van der Waals surface area (Å²) in [6.07, 6.45) is 5.21. The monoisotopic (exact) mass is 527 g/mol. The number of methoxy groups -OCH3 is 1. The lowest BCUT2D eigenvalue weighted by Crippen LogP contribution is -2.42. The maximum atomic E-state index is 11.7. The first-order chi connectivity index (χ1) is 17.4. The van der Waals surface area contributed by atoms with Crippen LogP contribution in [-0.4, -0.2) is 72.5 Å². The number of carboxylic acid groups (broad SMARTS) is 1. The summed E-state index contributed by atoms with van der Waals surface area (Å²) in [5.41, 5.74) is 2.22. The summed E-state index contributed by atoms with van der Waals surface area (Å²) < 4.78 is 6.83. The Morgan fingerprint density at radius 2 is 2.17 bits per heavy atom. The summed E-state index contributed by atoms with van der Waals surface area (Å²) in [5.74, 6) is 1.82. The maximum absolute atomic E-state index is 11.7. The van der Waals surface area contributed by atoms with E-state index in [1.807, 2.05) is 30.1 Å². The molecule has 1 aliphatic rings. The lowest BCUT2D eigenvalue weighted by molar-refractivity contribution is -0.139. The number of pyridine rings is 1. The van der Waals surface area contributed by atoms with Crippen LogP contribution in [0, 0.1) is 11.8 Å². The van der Waals surface area contributed by atoms with Crippen LogP contribution in [0.15, 0.2) is 52.2 Å². The van der Waals surface area contributed by atoms with Crippen LogP contribution >= 0.6 is 23.1 Å². The van der Waals surface area contributed by atoms with E-state index in [9.17, 15) is 9.90 Å². The third-order valence-electron chi connectivity index (χ3n) is 7.33. The fourth-order valence-electron chi connectivity index (χ4n) is 5.44. The molecule has 1 saturated heterocycles. The van der Waals surface area contributed by atoms with E-state index >= 15 is 0 Å². The van der Waals surface area contributed by atoms with E-state index in [0.29, 0.717) is 5.92 Å². The predicted molar refractivity (Wildman–Crippen MR) is 149 cm³/mol. The number of aromatic nitrogens is 1. The number of benzene rings is 1. The van der Waals surface area contributed by atoms with Gasteiger partial charge in [-0.1, -0.05) is 6.07 Å². The van der Waals surface area contributed by atoms with Gasteiger partial charge in [-0.05, 0) is 93.0 Å². The molecule has 1 aliphatic heterocycles. The van der Waals surface area contributed by atoms with Gasteiger partial charge in [-0.3, -0.25) is 9.78 Å². The second-order valence-corrected chi connectivity index (χ2v) is 12.2. The number of ether oxygens (including phenoxy) is 1. The molecule has 8 heteroatoms. The Bertz CT molecular complexity index is 1120. The van der Waals surface area contributed by atoms with E-state index in [1.165, 1.54) is 9.77 Å². The SMILES string of the molecule is COc1ccc2nccc(C(CC[C@@H]3CCN(CCSc4cccs4)C[C@@H]3CC(=O)O)N(C)C)c2c1. The first-order valence-electron chi connectivity index (χ1n) is 12.6. The molecule has 36 heavy (non-hydrogen) atoms. The van der Waals surface area contributed by atoms with Gasteiger partial charge in [0.15, 0.2) is 0 Å². The Balaban J connectivity index is 1.42. The summed E-state index contributed by atoms with van der Waals surface area (Å²) in [6.45, 7) is 2.94. The molecule has 1 N–H and O–H groups in total. The van der Waals surface area contributed by atoms with Gasteiger partial charge in [0.1, 0.15) is 5.75 Å². The molecule has 4 rings (SSSR count). The van der Waals surface area contributed by atoms with Gasteiger partial charge in [-0.25, -0.2) is 0 Å². The van der Waals surface area contributed by atoms with Crippen molar-refractivity contribution in [3.8, 4) is 5.75 Å². The molecule has 6 nitrogen and oxygen atoms in total. The van der Waals surface area contributed by atoms with Crippen molar-refractivity contribution in [2.24, 2.45) is 11.8 Å². The Morgan fingerprint density at radius 3 is 2.89 bits per heavy atom. The highest BCUT2D eigenvalue weighted by molar-refractivity contribution is 8.01. The summed E-state index contributed by atoms with van der Waals surface area (Å²) in [4.78, 5) is 21.0. The van der Waals surface area contributed by atoms with Crippen LogP contribution in [0.4, 0.5) is 0 Å². The Hall–Kier alpha value is -2.13. The van der Waals surface area contributed by atoms with Gasteiger partial charge < -0.3 is 19.6 Å². The topological polar surface area (TPSA) is 65.9 Å². The standard InChI is InChI=1S/C28H37N3O3S2/c1-30(2)26(23-10-12-29-25-8-7-22(34-3)18-24(23)25)9-6-20-11-13-31(19-21(20)17-27(32)33)14-16-36-28-5-4-15-35-28/h4-5,7-8,10,12,15,18,20-21,26H,6,9,11,13-14,16-17,19H2,1-3H3,(H,32,33)/t20-,21+,26?/m1/s1. The minimum atomic E-state index is -0.684. The van der Waals surface area contributed by atoms with E-state index in [1.54, 1.807) is 18.4 Å². The number of aliphatic carboxylic acids is 1. The van der Waals surface area contributed by atoms with E-state index in [4.69, 9.17) is 4.74 Å². The fraction of sp³-hybridized carbons (Fsp3) is 0.500. The Kier molecular flexibility index (Phi) is 9.65. The lowest BCUT2D eigenvalue weighted by Gasteiger charge is -2.39. The number of fused-ring (bicyclic) bond motifs is 1. The molecule has 3 atom stereocenters. The van der Waals surface area contributed by atoms with E-state index in [-0.39, 0.29) is 18.4 Å². The molecule has 1 fully saturated rings. The van der Waals surface area contributed by atoms with Crippen molar-refractivity contribution in [1.82, 2.24) is 14.8 Å². The van der Waals surface area contributed by atoms with Crippen LogP contribution in [0.3, 0.4) is 0 Å². The first-order valence-corrected chi connectivity index (χ1v) is 14.5. The van der Waals surface area contributed by atoms with Crippen LogP contribution in [0.2, 0.25) is 0 Å². The molecular formula is C28H37N3O3S2. The van der Waals surface area contributed by atoms with Gasteiger partial charge in [-0.15, -0.1) is 23.1 Å². The normalized spacial score (nSPS) is 19.6. The van der Waals surface area contributed by atoms with Gasteiger partial charge in [0.2, 0.25) is 0 Å². The summed E-state index contributed by atoms with van der Waals surface area (Å²) in [6, 6.07) is 12.6. The molecule has 1 unspecified atom stereocenters. The van der Waals surface area contributed by atoms with Crippen LogP contribution in [0.1, 0.15) is 37.3 Å². The van der Waals surface area contributed by atoms with Gasteiger partial charge in [0.25, 0.3) is 0 Å². The summed E-state index contributed by atoms with van der Waals surface area (Å²) in [5, 5.41) is 12.9. The van der Waals surface area contributed by atoms with Gasteiger partial charge in [0, 0.05) is 42.9 Å². The second-order valence-electron chi connectivity index (χ2n) is 9.83. The van der Waals surface area contributed by atoms with Crippen LogP contribution < -0.4 is 4.74 Å². The molecule has 1 aromatic carbocycles. The second kappa shape index (κ2) is 12.9. The first kappa shape index (κ1) is 26.9. The summed E-state index contributed by atoms with van der Waals surface area (Å²) in [7, 11) is 5.94. The smallest absolute Gasteiger partial charge is 0.303 e. The fourth-order valence-corrected chi connectivity index (χ4v) is 7.31. The highest BCUT2D eigenvalue weighted by Gasteiger charge is 2.31. The van der Waals surface area contributed by atoms with Crippen molar-refractivity contribution in [2.75, 3.05) is 46.6 Å². The average molecular weight is 528 g/mol. The van der Waals surface area contributed by atoms with Crippen molar-refractivity contribution in [3.05, 3.63) is 53.5 Å². The number of thiophene rings is 1. The van der Waals surface area contributed by atoms with Gasteiger partial charge >= 0.3 is 5.97 Å². The predicted octanol–water partition coefficient (Wildman–Crippen LogP) is 5.89. The highest BCUT2D eigenvalue weighted by Crippen LogP contribution is 2.36. The van der Waals surface area contributed by atoms with E-state index in [0.717, 1.165) is 61.3 Å². The quantitative estimate of drug-likeness (QED) is 0.295. The third-order valence-corrected chi connectivity index (χ3v) is 9.45. The molecule has 194 valence electrons. The Morgan fingerprint density at radius 1 is 1.31 bits per heavy atom. The zero-order valence-corrected chi connectivity index (χ0v) is 23.1.